The van der Waals surface area contributed by atoms with Gasteiger partial charge >= 0.3 is 0 Å². The highest BCUT2D eigenvalue weighted by atomic mass is 15.2. The van der Waals surface area contributed by atoms with Crippen molar-refractivity contribution in [3.63, 3.8) is 0 Å². The summed E-state index contributed by atoms with van der Waals surface area (Å²) in [6, 6.07) is 0. The molecular weight excluding hydrogens is 172 g/mol. The first-order chi connectivity index (χ1) is 6.56. The van der Waals surface area contributed by atoms with Gasteiger partial charge in [-0.25, -0.2) is 0 Å². The van der Waals surface area contributed by atoms with Gasteiger partial charge in [0, 0.05) is 12.1 Å². The fraction of sp³-hybridized carbons (Fsp3) is 1.00. The van der Waals surface area contributed by atoms with E-state index in [9.17, 15) is 0 Å². The van der Waals surface area contributed by atoms with Crippen molar-refractivity contribution >= 4 is 0 Å². The molecule has 0 spiro atoms. The molecule has 84 valence electrons. The van der Waals surface area contributed by atoms with Gasteiger partial charge in [-0.1, -0.05) is 19.3 Å². The van der Waals surface area contributed by atoms with Gasteiger partial charge in [0.05, 0.1) is 0 Å². The van der Waals surface area contributed by atoms with Crippen molar-refractivity contribution in [3.05, 3.63) is 0 Å². The zero-order valence-corrected chi connectivity index (χ0v) is 10.3. The highest BCUT2D eigenvalue weighted by Gasteiger charge is 2.24. The number of rotatable bonds is 6. The average Bonchev–Trinajstić information content (AvgIpc) is 2.01. The molecule has 1 aliphatic rings. The van der Waals surface area contributed by atoms with Crippen molar-refractivity contribution in [2.24, 2.45) is 5.92 Å². The molecule has 0 heterocycles. The van der Waals surface area contributed by atoms with Crippen molar-refractivity contribution in [3.8, 4) is 0 Å². The van der Waals surface area contributed by atoms with Gasteiger partial charge in [0.1, 0.15) is 0 Å². The fourth-order valence-electron chi connectivity index (χ4n) is 2.03. The number of hydrogen-bond acceptors (Lipinski definition) is 2. The molecule has 1 fully saturated rings. The van der Waals surface area contributed by atoms with Gasteiger partial charge in [-0.3, -0.25) is 4.90 Å². The van der Waals surface area contributed by atoms with Crippen LogP contribution in [0.3, 0.4) is 0 Å². The third-order valence-corrected chi connectivity index (χ3v) is 3.74. The lowest BCUT2D eigenvalue weighted by atomic mass is 9.82. The maximum absolute atomic E-state index is 3.26. The molecule has 0 amide bonds. The number of nitrogens with zero attached hydrogens (tertiary/aromatic N) is 1. The Kier molecular flexibility index (Phi) is 4.39. The molecule has 1 N–H and O–H groups in total. The van der Waals surface area contributed by atoms with Crippen molar-refractivity contribution in [1.82, 2.24) is 10.2 Å². The summed E-state index contributed by atoms with van der Waals surface area (Å²) in [5.74, 6) is 1.03. The third kappa shape index (κ3) is 3.25. The standard InChI is InChI=1S/C12H26N2/c1-12(2,10-13-3)14(4)9-8-11-6-5-7-11/h11,13H,5-10H2,1-4H3. The SMILES string of the molecule is CNCC(C)(C)N(C)CCC1CCC1. The van der Waals surface area contributed by atoms with Crippen LogP contribution in [0.2, 0.25) is 0 Å². The lowest BCUT2D eigenvalue weighted by Crippen LogP contribution is -2.48. The van der Waals surface area contributed by atoms with Crippen LogP contribution in [0.4, 0.5) is 0 Å². The van der Waals surface area contributed by atoms with E-state index in [2.05, 4.69) is 31.1 Å². The second-order valence-electron chi connectivity index (χ2n) is 5.35. The van der Waals surface area contributed by atoms with Crippen LogP contribution < -0.4 is 5.32 Å². The zero-order chi connectivity index (χ0) is 10.6. The first kappa shape index (κ1) is 12.0. The van der Waals surface area contributed by atoms with E-state index >= 15 is 0 Å². The Morgan fingerprint density at radius 3 is 2.43 bits per heavy atom. The second kappa shape index (κ2) is 5.13. The van der Waals surface area contributed by atoms with Gasteiger partial charge < -0.3 is 5.32 Å². The Morgan fingerprint density at radius 2 is 2.00 bits per heavy atom. The van der Waals surface area contributed by atoms with Crippen molar-refractivity contribution in [1.29, 1.82) is 0 Å². The predicted molar refractivity (Wildman–Crippen MR) is 62.6 cm³/mol. The summed E-state index contributed by atoms with van der Waals surface area (Å²) in [5.41, 5.74) is 0.290. The average molecular weight is 198 g/mol. The monoisotopic (exact) mass is 198 g/mol. The van der Waals surface area contributed by atoms with E-state index < -0.39 is 0 Å². The van der Waals surface area contributed by atoms with E-state index in [0.29, 0.717) is 5.54 Å². The Morgan fingerprint density at radius 1 is 1.36 bits per heavy atom. The van der Waals surface area contributed by atoms with Gasteiger partial charge in [0.15, 0.2) is 0 Å². The highest BCUT2D eigenvalue weighted by Crippen LogP contribution is 2.29. The molecule has 0 aromatic carbocycles. The molecule has 2 heteroatoms. The summed E-state index contributed by atoms with van der Waals surface area (Å²) in [4.78, 5) is 2.49. The van der Waals surface area contributed by atoms with Crippen LogP contribution in [-0.4, -0.2) is 37.6 Å². The molecule has 0 bridgehead atoms. The minimum absolute atomic E-state index is 0.290. The number of likely N-dealkylation sites (N-methyl/N-ethyl adjacent to an activating group) is 2. The molecular formula is C12H26N2. The topological polar surface area (TPSA) is 15.3 Å². The quantitative estimate of drug-likeness (QED) is 0.703. The van der Waals surface area contributed by atoms with Crippen LogP contribution in [0, 0.1) is 5.92 Å². The molecule has 2 nitrogen and oxygen atoms in total. The van der Waals surface area contributed by atoms with Gasteiger partial charge in [-0.2, -0.15) is 0 Å². The van der Waals surface area contributed by atoms with Crippen molar-refractivity contribution < 1.29 is 0 Å². The summed E-state index contributed by atoms with van der Waals surface area (Å²) >= 11 is 0. The largest absolute Gasteiger partial charge is 0.318 e. The molecule has 1 saturated carbocycles. The van der Waals surface area contributed by atoms with E-state index in [4.69, 9.17) is 0 Å². The molecule has 1 aliphatic carbocycles. The van der Waals surface area contributed by atoms with Crippen LogP contribution in [-0.2, 0) is 0 Å². The van der Waals surface area contributed by atoms with Crippen LogP contribution >= 0.6 is 0 Å². The van der Waals surface area contributed by atoms with E-state index in [0.717, 1.165) is 12.5 Å². The molecule has 0 atom stereocenters. The molecule has 0 saturated heterocycles. The predicted octanol–water partition coefficient (Wildman–Crippen LogP) is 2.11. The minimum atomic E-state index is 0.290. The smallest absolute Gasteiger partial charge is 0.0274 e. The maximum atomic E-state index is 3.26. The van der Waals surface area contributed by atoms with E-state index in [1.807, 2.05) is 7.05 Å². The molecule has 0 unspecified atom stereocenters. The van der Waals surface area contributed by atoms with Crippen LogP contribution in [0.25, 0.3) is 0 Å². The highest BCUT2D eigenvalue weighted by molar-refractivity contribution is 4.82. The molecule has 0 aromatic heterocycles. The molecule has 0 aromatic rings. The van der Waals surface area contributed by atoms with E-state index in [1.54, 1.807) is 0 Å². The summed E-state index contributed by atoms with van der Waals surface area (Å²) in [6.07, 6.45) is 5.80. The van der Waals surface area contributed by atoms with Gasteiger partial charge in [0.2, 0.25) is 0 Å². The molecule has 0 radical (unpaired) electrons. The summed E-state index contributed by atoms with van der Waals surface area (Å²) in [6.45, 7) is 6.93. The zero-order valence-electron chi connectivity index (χ0n) is 10.3. The van der Waals surface area contributed by atoms with Crippen LogP contribution in [0.15, 0.2) is 0 Å². The third-order valence-electron chi connectivity index (χ3n) is 3.74. The van der Waals surface area contributed by atoms with E-state index in [1.165, 1.54) is 32.2 Å². The second-order valence-corrected chi connectivity index (χ2v) is 5.35. The Bertz CT molecular complexity index is 162. The summed E-state index contributed by atoms with van der Waals surface area (Å²) in [7, 11) is 4.28. The number of hydrogen-bond donors (Lipinski definition) is 1. The Balaban J connectivity index is 2.20. The summed E-state index contributed by atoms with van der Waals surface area (Å²) < 4.78 is 0. The Labute approximate surface area is 89.1 Å². The van der Waals surface area contributed by atoms with Crippen molar-refractivity contribution in [2.45, 2.75) is 45.1 Å². The lowest BCUT2D eigenvalue weighted by molar-refractivity contribution is 0.134. The van der Waals surface area contributed by atoms with Gasteiger partial charge in [0.25, 0.3) is 0 Å². The first-order valence-electron chi connectivity index (χ1n) is 5.92. The van der Waals surface area contributed by atoms with E-state index in [-0.39, 0.29) is 0 Å². The maximum Gasteiger partial charge on any atom is 0.0274 e. The minimum Gasteiger partial charge on any atom is -0.318 e. The summed E-state index contributed by atoms with van der Waals surface area (Å²) in [5, 5.41) is 3.26. The van der Waals surface area contributed by atoms with Crippen molar-refractivity contribution in [2.75, 3.05) is 27.2 Å². The molecule has 14 heavy (non-hydrogen) atoms. The Hall–Kier alpha value is -0.0800. The number of nitrogens with one attached hydrogen (secondary N) is 1. The van der Waals surface area contributed by atoms with Crippen LogP contribution in [0.5, 0.6) is 0 Å². The first-order valence-corrected chi connectivity index (χ1v) is 5.92. The van der Waals surface area contributed by atoms with Crippen LogP contribution in [0.1, 0.15) is 39.5 Å². The fourth-order valence-corrected chi connectivity index (χ4v) is 2.03. The van der Waals surface area contributed by atoms with Gasteiger partial charge in [-0.05, 0) is 46.8 Å². The lowest BCUT2D eigenvalue weighted by Gasteiger charge is -2.37. The van der Waals surface area contributed by atoms with Gasteiger partial charge in [-0.15, -0.1) is 0 Å². The molecule has 0 aliphatic heterocycles. The molecule has 1 rings (SSSR count). The normalized spacial score (nSPS) is 18.6.